The van der Waals surface area contributed by atoms with Crippen LogP contribution in [0.5, 0.6) is 0 Å². The summed E-state index contributed by atoms with van der Waals surface area (Å²) in [5.41, 5.74) is -0.344. The van der Waals surface area contributed by atoms with E-state index < -0.39 is 0 Å². The first-order valence-electron chi connectivity index (χ1n) is 4.80. The lowest BCUT2D eigenvalue weighted by molar-refractivity contribution is 0.284. The van der Waals surface area contributed by atoms with E-state index in [0.29, 0.717) is 0 Å². The van der Waals surface area contributed by atoms with Gasteiger partial charge < -0.3 is 0 Å². The van der Waals surface area contributed by atoms with Crippen LogP contribution >= 0.6 is 0 Å². The monoisotopic (exact) mass is 166 g/mol. The predicted octanol–water partition coefficient (Wildman–Crippen LogP) is 2.07. The normalized spacial score (nSPS) is 18.4. The van der Waals surface area contributed by atoms with Gasteiger partial charge in [0.05, 0.1) is 6.07 Å². The maximum Gasteiger partial charge on any atom is 0.101 e. The fraction of sp³-hybridized carbons (Fsp3) is 0.900. The minimum Gasteiger partial charge on any atom is -0.300 e. The van der Waals surface area contributed by atoms with E-state index in [1.165, 1.54) is 25.7 Å². The number of hydrogen-bond donors (Lipinski definition) is 1. The Balaban J connectivity index is 2.05. The Hall–Kier alpha value is -0.550. The predicted molar refractivity (Wildman–Crippen MR) is 49.7 cm³/mol. The van der Waals surface area contributed by atoms with Crippen LogP contribution in [0.15, 0.2) is 0 Å². The van der Waals surface area contributed by atoms with E-state index in [9.17, 15) is 0 Å². The van der Waals surface area contributed by atoms with Crippen molar-refractivity contribution in [1.82, 2.24) is 5.32 Å². The van der Waals surface area contributed by atoms with E-state index in [0.717, 1.165) is 12.5 Å². The Morgan fingerprint density at radius 1 is 1.50 bits per heavy atom. The zero-order valence-electron chi connectivity index (χ0n) is 8.06. The SMILES string of the molecule is CC(C)(C#N)NCCC1CCC1. The lowest BCUT2D eigenvalue weighted by Crippen LogP contribution is -2.39. The first-order chi connectivity index (χ1) is 5.64. The van der Waals surface area contributed by atoms with Gasteiger partial charge in [0.1, 0.15) is 5.54 Å². The third kappa shape index (κ3) is 2.83. The molecule has 0 aliphatic heterocycles. The molecule has 0 aromatic rings. The van der Waals surface area contributed by atoms with Crippen molar-refractivity contribution < 1.29 is 0 Å². The van der Waals surface area contributed by atoms with Crippen LogP contribution in [0.3, 0.4) is 0 Å². The first kappa shape index (κ1) is 9.54. The van der Waals surface area contributed by atoms with Gasteiger partial charge in [0.25, 0.3) is 0 Å². The van der Waals surface area contributed by atoms with E-state index in [1.807, 2.05) is 13.8 Å². The van der Waals surface area contributed by atoms with Gasteiger partial charge in [-0.25, -0.2) is 0 Å². The largest absolute Gasteiger partial charge is 0.300 e. The Morgan fingerprint density at radius 2 is 2.17 bits per heavy atom. The molecule has 0 spiro atoms. The Labute approximate surface area is 75.0 Å². The molecule has 1 aliphatic carbocycles. The molecule has 0 unspecified atom stereocenters. The van der Waals surface area contributed by atoms with Gasteiger partial charge in [-0.15, -0.1) is 0 Å². The molecule has 0 aromatic carbocycles. The second kappa shape index (κ2) is 3.91. The van der Waals surface area contributed by atoms with E-state index in [1.54, 1.807) is 0 Å². The van der Waals surface area contributed by atoms with Gasteiger partial charge >= 0.3 is 0 Å². The highest BCUT2D eigenvalue weighted by Gasteiger charge is 2.19. The van der Waals surface area contributed by atoms with Gasteiger partial charge in [-0.3, -0.25) is 5.32 Å². The van der Waals surface area contributed by atoms with Crippen molar-refractivity contribution in [3.63, 3.8) is 0 Å². The number of nitrogens with zero attached hydrogens (tertiary/aromatic N) is 1. The van der Waals surface area contributed by atoms with Crippen LogP contribution in [-0.2, 0) is 0 Å². The molecule has 1 fully saturated rings. The standard InChI is InChI=1S/C10H18N2/c1-10(2,8-11)12-7-6-9-4-3-5-9/h9,12H,3-7H2,1-2H3. The van der Waals surface area contributed by atoms with Crippen molar-refractivity contribution in [2.45, 2.75) is 45.1 Å². The summed E-state index contributed by atoms with van der Waals surface area (Å²) in [5, 5.41) is 12.0. The smallest absolute Gasteiger partial charge is 0.101 e. The summed E-state index contributed by atoms with van der Waals surface area (Å²) >= 11 is 0. The van der Waals surface area contributed by atoms with Crippen molar-refractivity contribution in [2.75, 3.05) is 6.54 Å². The molecular weight excluding hydrogens is 148 g/mol. The molecule has 1 saturated carbocycles. The third-order valence-corrected chi connectivity index (χ3v) is 2.62. The molecular formula is C10H18N2. The topological polar surface area (TPSA) is 35.8 Å². The molecule has 0 atom stereocenters. The highest BCUT2D eigenvalue weighted by atomic mass is 14.9. The van der Waals surface area contributed by atoms with E-state index in [4.69, 9.17) is 5.26 Å². The number of nitriles is 1. The highest BCUT2D eigenvalue weighted by Crippen LogP contribution is 2.28. The van der Waals surface area contributed by atoms with Crippen LogP contribution in [-0.4, -0.2) is 12.1 Å². The van der Waals surface area contributed by atoms with E-state index >= 15 is 0 Å². The molecule has 2 nitrogen and oxygen atoms in total. The van der Waals surface area contributed by atoms with Crippen molar-refractivity contribution >= 4 is 0 Å². The fourth-order valence-corrected chi connectivity index (χ4v) is 1.41. The molecule has 2 heteroatoms. The Bertz CT molecular complexity index is 175. The Morgan fingerprint density at radius 3 is 2.58 bits per heavy atom. The minimum atomic E-state index is -0.344. The van der Waals surface area contributed by atoms with Crippen LogP contribution in [0.4, 0.5) is 0 Å². The average Bonchev–Trinajstić information content (AvgIpc) is 1.95. The molecule has 1 aliphatic rings. The van der Waals surface area contributed by atoms with Crippen LogP contribution in [0.25, 0.3) is 0 Å². The van der Waals surface area contributed by atoms with Gasteiger partial charge in [0.15, 0.2) is 0 Å². The van der Waals surface area contributed by atoms with E-state index in [-0.39, 0.29) is 5.54 Å². The third-order valence-electron chi connectivity index (χ3n) is 2.62. The van der Waals surface area contributed by atoms with Crippen molar-refractivity contribution in [1.29, 1.82) is 5.26 Å². The first-order valence-corrected chi connectivity index (χ1v) is 4.80. The molecule has 0 aromatic heterocycles. The Kier molecular flexibility index (Phi) is 3.11. The highest BCUT2D eigenvalue weighted by molar-refractivity contribution is 4.99. The van der Waals surface area contributed by atoms with E-state index in [2.05, 4.69) is 11.4 Å². The van der Waals surface area contributed by atoms with Crippen LogP contribution in [0.2, 0.25) is 0 Å². The lowest BCUT2D eigenvalue weighted by atomic mass is 9.83. The van der Waals surface area contributed by atoms with Crippen molar-refractivity contribution in [3.8, 4) is 6.07 Å². The second-order valence-electron chi connectivity index (χ2n) is 4.25. The molecule has 1 rings (SSSR count). The summed E-state index contributed by atoms with van der Waals surface area (Å²) in [6.45, 7) is 4.84. The van der Waals surface area contributed by atoms with Crippen LogP contribution in [0.1, 0.15) is 39.5 Å². The van der Waals surface area contributed by atoms with Gasteiger partial charge in [-0.2, -0.15) is 5.26 Å². The van der Waals surface area contributed by atoms with Crippen LogP contribution in [0, 0.1) is 17.2 Å². The number of rotatable bonds is 4. The molecule has 12 heavy (non-hydrogen) atoms. The minimum absolute atomic E-state index is 0.344. The van der Waals surface area contributed by atoms with Crippen LogP contribution < -0.4 is 5.32 Å². The maximum absolute atomic E-state index is 8.72. The molecule has 0 amide bonds. The quantitative estimate of drug-likeness (QED) is 0.694. The zero-order valence-corrected chi connectivity index (χ0v) is 8.06. The summed E-state index contributed by atoms with van der Waals surface area (Å²) in [6.07, 6.45) is 5.45. The van der Waals surface area contributed by atoms with Gasteiger partial charge in [-0.1, -0.05) is 19.3 Å². The van der Waals surface area contributed by atoms with Gasteiger partial charge in [-0.05, 0) is 32.7 Å². The summed E-state index contributed by atoms with van der Waals surface area (Å²) < 4.78 is 0. The number of nitrogens with one attached hydrogen (secondary N) is 1. The number of hydrogen-bond acceptors (Lipinski definition) is 2. The maximum atomic E-state index is 8.72. The van der Waals surface area contributed by atoms with Gasteiger partial charge in [0, 0.05) is 0 Å². The molecule has 68 valence electrons. The molecule has 1 N–H and O–H groups in total. The fourth-order valence-electron chi connectivity index (χ4n) is 1.41. The summed E-state index contributed by atoms with van der Waals surface area (Å²) in [7, 11) is 0. The zero-order chi connectivity index (χ0) is 9.03. The summed E-state index contributed by atoms with van der Waals surface area (Å²) in [5.74, 6) is 0.937. The summed E-state index contributed by atoms with van der Waals surface area (Å²) in [4.78, 5) is 0. The lowest BCUT2D eigenvalue weighted by Gasteiger charge is -2.26. The van der Waals surface area contributed by atoms with Crippen molar-refractivity contribution in [3.05, 3.63) is 0 Å². The van der Waals surface area contributed by atoms with Gasteiger partial charge in [0.2, 0.25) is 0 Å². The molecule has 0 radical (unpaired) electrons. The van der Waals surface area contributed by atoms with Crippen molar-refractivity contribution in [2.24, 2.45) is 5.92 Å². The molecule has 0 bridgehead atoms. The average molecular weight is 166 g/mol. The molecule has 0 saturated heterocycles. The summed E-state index contributed by atoms with van der Waals surface area (Å²) in [6, 6.07) is 2.24. The second-order valence-corrected chi connectivity index (χ2v) is 4.25. The molecule has 0 heterocycles.